The van der Waals surface area contributed by atoms with Crippen molar-refractivity contribution < 1.29 is 14.3 Å². The predicted molar refractivity (Wildman–Crippen MR) is 125 cm³/mol. The van der Waals surface area contributed by atoms with Crippen molar-refractivity contribution in [3.05, 3.63) is 29.8 Å². The molecule has 3 rings (SSSR count). The van der Waals surface area contributed by atoms with E-state index in [0.717, 1.165) is 50.1 Å². The van der Waals surface area contributed by atoms with Gasteiger partial charge in [0.1, 0.15) is 11.8 Å². The van der Waals surface area contributed by atoms with Crippen molar-refractivity contribution >= 4 is 17.8 Å². The van der Waals surface area contributed by atoms with E-state index in [1.54, 1.807) is 12.0 Å². The number of nitrogens with zero attached hydrogens (tertiary/aromatic N) is 5. The number of nitrogens with one attached hydrogen (secondary N) is 1. The molecule has 1 aromatic carbocycles. The number of benzene rings is 1. The van der Waals surface area contributed by atoms with Crippen molar-refractivity contribution in [1.82, 2.24) is 20.0 Å². The highest BCUT2D eigenvalue weighted by Crippen LogP contribution is 2.21. The van der Waals surface area contributed by atoms with Gasteiger partial charge in [0.05, 0.1) is 13.7 Å². The SMILES string of the molecule is CCN(Cc1ccccc1OC)C(=NC1CCCCN(CC(=O)N2CCCC2)C1=O)NC#N. The number of rotatable bonds is 7. The lowest BCUT2D eigenvalue weighted by Gasteiger charge is -2.27. The van der Waals surface area contributed by atoms with Crippen LogP contribution in [0, 0.1) is 11.5 Å². The summed E-state index contributed by atoms with van der Waals surface area (Å²) in [4.78, 5) is 36.0. The largest absolute Gasteiger partial charge is 0.496 e. The molecule has 0 spiro atoms. The number of aliphatic imine (C=N–C) groups is 1. The minimum atomic E-state index is -0.624. The summed E-state index contributed by atoms with van der Waals surface area (Å²) in [5.74, 6) is 0.971. The highest BCUT2D eigenvalue weighted by molar-refractivity contribution is 5.90. The number of para-hydroxylation sites is 1. The zero-order chi connectivity index (χ0) is 23.6. The maximum absolute atomic E-state index is 13.3. The van der Waals surface area contributed by atoms with Crippen LogP contribution in [0.5, 0.6) is 5.75 Å². The van der Waals surface area contributed by atoms with Crippen LogP contribution >= 0.6 is 0 Å². The summed E-state index contributed by atoms with van der Waals surface area (Å²) >= 11 is 0. The second-order valence-electron chi connectivity index (χ2n) is 8.37. The number of methoxy groups -OCH3 is 1. The summed E-state index contributed by atoms with van der Waals surface area (Å²) < 4.78 is 5.46. The molecule has 2 aliphatic heterocycles. The fourth-order valence-corrected chi connectivity index (χ4v) is 4.36. The Bertz CT molecular complexity index is 890. The number of carbonyl (C=O) groups excluding carboxylic acids is 2. The van der Waals surface area contributed by atoms with Crippen LogP contribution in [0.3, 0.4) is 0 Å². The first kappa shape index (κ1) is 24.4. The van der Waals surface area contributed by atoms with E-state index < -0.39 is 6.04 Å². The van der Waals surface area contributed by atoms with Crippen molar-refractivity contribution in [3.8, 4) is 11.9 Å². The standard InChI is InChI=1S/C24H34N6O3/c1-3-28(16-19-10-4-5-12-21(19)33-2)24(26-18-25)27-20-11-6-7-15-30(23(20)32)17-22(31)29-13-8-9-14-29/h4-5,10,12,20H,3,6-9,11,13-17H2,1-2H3,(H,26,27). The summed E-state index contributed by atoms with van der Waals surface area (Å²) in [5.41, 5.74) is 0.958. The van der Waals surface area contributed by atoms with E-state index in [9.17, 15) is 14.9 Å². The second-order valence-corrected chi connectivity index (χ2v) is 8.37. The van der Waals surface area contributed by atoms with Crippen LogP contribution in [-0.4, -0.2) is 78.3 Å². The Labute approximate surface area is 196 Å². The van der Waals surface area contributed by atoms with E-state index in [2.05, 4.69) is 5.32 Å². The van der Waals surface area contributed by atoms with E-state index in [1.165, 1.54) is 0 Å². The van der Waals surface area contributed by atoms with Gasteiger partial charge in [-0.3, -0.25) is 14.9 Å². The fraction of sp³-hybridized carbons (Fsp3) is 0.583. The number of ether oxygens (including phenoxy) is 1. The van der Waals surface area contributed by atoms with Crippen LogP contribution in [0.1, 0.15) is 44.6 Å². The number of hydrogen-bond acceptors (Lipinski definition) is 5. The molecule has 0 saturated carbocycles. The van der Waals surface area contributed by atoms with Crippen molar-refractivity contribution in [3.63, 3.8) is 0 Å². The topological polar surface area (TPSA) is 101 Å². The maximum atomic E-state index is 13.3. The molecule has 1 aromatic rings. The Hall–Kier alpha value is -3.28. The third kappa shape index (κ3) is 6.37. The first-order chi connectivity index (χ1) is 16.1. The Kier molecular flexibility index (Phi) is 8.93. The molecule has 1 unspecified atom stereocenters. The normalized spacial score (nSPS) is 19.1. The van der Waals surface area contributed by atoms with Crippen LogP contribution in [0.15, 0.2) is 29.3 Å². The fourth-order valence-electron chi connectivity index (χ4n) is 4.36. The predicted octanol–water partition coefficient (Wildman–Crippen LogP) is 1.95. The molecule has 2 saturated heterocycles. The maximum Gasteiger partial charge on any atom is 0.247 e. The quantitative estimate of drug-likeness (QED) is 0.292. The molecule has 0 radical (unpaired) electrons. The molecule has 33 heavy (non-hydrogen) atoms. The van der Waals surface area contributed by atoms with E-state index in [4.69, 9.17) is 9.73 Å². The minimum absolute atomic E-state index is 0.00668. The van der Waals surface area contributed by atoms with E-state index in [0.29, 0.717) is 32.0 Å². The summed E-state index contributed by atoms with van der Waals surface area (Å²) in [5, 5.41) is 12.0. The summed E-state index contributed by atoms with van der Waals surface area (Å²) in [7, 11) is 1.62. The van der Waals surface area contributed by atoms with Gasteiger partial charge < -0.3 is 19.4 Å². The summed E-state index contributed by atoms with van der Waals surface area (Å²) in [6.07, 6.45) is 6.27. The van der Waals surface area contributed by atoms with Crippen molar-refractivity contribution in [2.75, 3.05) is 39.8 Å². The van der Waals surface area contributed by atoms with E-state index in [-0.39, 0.29) is 18.4 Å². The second kappa shape index (κ2) is 12.1. The summed E-state index contributed by atoms with van der Waals surface area (Å²) in [6.45, 7) is 5.24. The molecule has 1 atom stereocenters. The van der Waals surface area contributed by atoms with Gasteiger partial charge in [0, 0.05) is 38.3 Å². The van der Waals surface area contributed by atoms with Gasteiger partial charge in [-0.15, -0.1) is 0 Å². The first-order valence-corrected chi connectivity index (χ1v) is 11.7. The molecule has 9 heteroatoms. The van der Waals surface area contributed by atoms with Gasteiger partial charge in [0.15, 0.2) is 6.19 Å². The third-order valence-corrected chi connectivity index (χ3v) is 6.22. The molecule has 9 nitrogen and oxygen atoms in total. The third-order valence-electron chi connectivity index (χ3n) is 6.22. The van der Waals surface area contributed by atoms with Gasteiger partial charge in [0.2, 0.25) is 17.8 Å². The van der Waals surface area contributed by atoms with Gasteiger partial charge in [-0.1, -0.05) is 18.2 Å². The van der Waals surface area contributed by atoms with E-state index >= 15 is 0 Å². The molecule has 1 N–H and O–H groups in total. The Balaban J connectivity index is 1.78. The Morgan fingerprint density at radius 3 is 2.67 bits per heavy atom. The number of guanidine groups is 1. The van der Waals surface area contributed by atoms with Gasteiger partial charge in [-0.05, 0) is 45.1 Å². The molecule has 2 heterocycles. The molecule has 2 aliphatic rings. The smallest absolute Gasteiger partial charge is 0.247 e. The van der Waals surface area contributed by atoms with Crippen molar-refractivity contribution in [2.24, 2.45) is 4.99 Å². The van der Waals surface area contributed by atoms with Crippen LogP contribution in [0.4, 0.5) is 0 Å². The lowest BCUT2D eigenvalue weighted by atomic mass is 10.1. The van der Waals surface area contributed by atoms with Crippen LogP contribution in [-0.2, 0) is 16.1 Å². The zero-order valence-corrected chi connectivity index (χ0v) is 19.6. The molecule has 2 amide bonds. The van der Waals surface area contributed by atoms with Gasteiger partial charge in [-0.2, -0.15) is 5.26 Å². The molecular formula is C24H34N6O3. The van der Waals surface area contributed by atoms with Gasteiger partial charge >= 0.3 is 0 Å². The average molecular weight is 455 g/mol. The van der Waals surface area contributed by atoms with Gasteiger partial charge in [0.25, 0.3) is 0 Å². The lowest BCUT2D eigenvalue weighted by molar-refractivity contribution is -0.140. The van der Waals surface area contributed by atoms with E-state index in [1.807, 2.05) is 47.2 Å². The monoisotopic (exact) mass is 454 g/mol. The highest BCUT2D eigenvalue weighted by atomic mass is 16.5. The first-order valence-electron chi connectivity index (χ1n) is 11.7. The molecule has 178 valence electrons. The molecular weight excluding hydrogens is 420 g/mol. The number of amides is 2. The lowest BCUT2D eigenvalue weighted by Crippen LogP contribution is -2.46. The number of hydrogen-bond donors (Lipinski definition) is 1. The molecule has 0 bridgehead atoms. The van der Waals surface area contributed by atoms with Crippen molar-refractivity contribution in [2.45, 2.75) is 51.6 Å². The highest BCUT2D eigenvalue weighted by Gasteiger charge is 2.30. The molecule has 0 aliphatic carbocycles. The molecule has 2 fully saturated rings. The van der Waals surface area contributed by atoms with Crippen molar-refractivity contribution in [1.29, 1.82) is 5.26 Å². The number of likely N-dealkylation sites (tertiary alicyclic amines) is 2. The Morgan fingerprint density at radius 1 is 1.24 bits per heavy atom. The summed E-state index contributed by atoms with van der Waals surface area (Å²) in [6, 6.07) is 7.07. The average Bonchev–Trinajstić information content (AvgIpc) is 3.32. The number of nitriles is 1. The molecule has 0 aromatic heterocycles. The number of carbonyl (C=O) groups is 2. The minimum Gasteiger partial charge on any atom is -0.496 e. The van der Waals surface area contributed by atoms with Crippen LogP contribution in [0.2, 0.25) is 0 Å². The zero-order valence-electron chi connectivity index (χ0n) is 19.6. The van der Waals surface area contributed by atoms with Crippen LogP contribution in [0.25, 0.3) is 0 Å². The van der Waals surface area contributed by atoms with Crippen LogP contribution < -0.4 is 10.1 Å². The Morgan fingerprint density at radius 2 is 1.97 bits per heavy atom. The van der Waals surface area contributed by atoms with Gasteiger partial charge in [-0.25, -0.2) is 4.99 Å².